The largest absolute Gasteiger partial charge is 0.337 e. The molecule has 22 heavy (non-hydrogen) atoms. The Morgan fingerprint density at radius 2 is 2.18 bits per heavy atom. The zero-order valence-electron chi connectivity index (χ0n) is 12.7. The second kappa shape index (κ2) is 7.19. The molecule has 2 heterocycles. The Hall–Kier alpha value is -1.47. The molecule has 1 saturated heterocycles. The topological polar surface area (TPSA) is 65.5 Å². The first-order chi connectivity index (χ1) is 10.7. The number of rotatable bonds is 5. The van der Waals surface area contributed by atoms with Gasteiger partial charge in [-0.2, -0.15) is 0 Å². The molecule has 0 atom stereocenters. The first kappa shape index (κ1) is 15.4. The van der Waals surface area contributed by atoms with Crippen molar-refractivity contribution in [2.24, 2.45) is 0 Å². The fraction of sp³-hybridized carbons (Fsp3) is 0.667. The van der Waals surface area contributed by atoms with Gasteiger partial charge in [-0.05, 0) is 12.8 Å². The van der Waals surface area contributed by atoms with Gasteiger partial charge in [0.05, 0.1) is 6.54 Å². The number of anilines is 1. The number of carbonyl (C=O) groups excluding carboxylic acids is 2. The minimum Gasteiger partial charge on any atom is -0.337 e. The van der Waals surface area contributed by atoms with Gasteiger partial charge in [-0.1, -0.05) is 12.8 Å². The normalized spacial score (nSPS) is 20.5. The summed E-state index contributed by atoms with van der Waals surface area (Å²) >= 11 is 1.41. The quantitative estimate of drug-likeness (QED) is 0.893. The number of aromatic nitrogens is 1. The van der Waals surface area contributed by atoms with Crippen LogP contribution in [0, 0.1) is 0 Å². The van der Waals surface area contributed by atoms with E-state index in [9.17, 15) is 9.59 Å². The molecule has 1 saturated carbocycles. The maximum absolute atomic E-state index is 12.3. The van der Waals surface area contributed by atoms with Gasteiger partial charge < -0.3 is 10.2 Å². The van der Waals surface area contributed by atoms with Crippen molar-refractivity contribution in [1.29, 1.82) is 0 Å². The maximum Gasteiger partial charge on any atom is 0.237 e. The smallest absolute Gasteiger partial charge is 0.237 e. The Kier molecular flexibility index (Phi) is 5.04. The van der Waals surface area contributed by atoms with Crippen molar-refractivity contribution >= 4 is 28.3 Å². The predicted octanol–water partition coefficient (Wildman–Crippen LogP) is 1.56. The van der Waals surface area contributed by atoms with Gasteiger partial charge in [0.25, 0.3) is 0 Å². The molecule has 2 aliphatic rings. The number of hydrogen-bond donors (Lipinski definition) is 1. The lowest BCUT2D eigenvalue weighted by molar-refractivity contribution is -0.139. The van der Waals surface area contributed by atoms with E-state index in [1.165, 1.54) is 24.2 Å². The summed E-state index contributed by atoms with van der Waals surface area (Å²) in [6, 6.07) is 0.461. The summed E-state index contributed by atoms with van der Waals surface area (Å²) in [6.45, 7) is 2.74. The molecule has 6 nitrogen and oxygen atoms in total. The van der Waals surface area contributed by atoms with Crippen LogP contribution in [0.3, 0.4) is 0 Å². The molecule has 1 N–H and O–H groups in total. The molecule has 3 rings (SSSR count). The third kappa shape index (κ3) is 3.84. The van der Waals surface area contributed by atoms with Gasteiger partial charge >= 0.3 is 0 Å². The average Bonchev–Trinajstić information content (AvgIpc) is 3.18. The molecule has 1 aliphatic heterocycles. The van der Waals surface area contributed by atoms with Crippen LogP contribution in [0.5, 0.6) is 0 Å². The maximum atomic E-state index is 12.3. The first-order valence-corrected chi connectivity index (χ1v) is 8.81. The van der Waals surface area contributed by atoms with Gasteiger partial charge in [0.15, 0.2) is 5.13 Å². The summed E-state index contributed by atoms with van der Waals surface area (Å²) in [5.74, 6) is 0.180. The number of amides is 2. The lowest BCUT2D eigenvalue weighted by Crippen LogP contribution is -2.53. The van der Waals surface area contributed by atoms with E-state index >= 15 is 0 Å². The molecule has 0 unspecified atom stereocenters. The molecule has 1 aromatic rings. The minimum atomic E-state index is -0.0411. The SMILES string of the molecule is O=C(CCN1CCN(C2CCCC2)C(=O)C1)Nc1nccs1. The van der Waals surface area contributed by atoms with Crippen LogP contribution in [0.2, 0.25) is 0 Å². The molecular formula is C15H22N4O2S. The van der Waals surface area contributed by atoms with Crippen LogP contribution in [0.25, 0.3) is 0 Å². The summed E-state index contributed by atoms with van der Waals surface area (Å²) in [4.78, 5) is 32.3. The summed E-state index contributed by atoms with van der Waals surface area (Å²) in [7, 11) is 0. The molecule has 0 bridgehead atoms. The highest BCUT2D eigenvalue weighted by Crippen LogP contribution is 2.24. The van der Waals surface area contributed by atoms with E-state index < -0.39 is 0 Å². The molecule has 0 spiro atoms. The van der Waals surface area contributed by atoms with E-state index in [1.807, 2.05) is 5.38 Å². The van der Waals surface area contributed by atoms with Crippen LogP contribution in [0.15, 0.2) is 11.6 Å². The second-order valence-corrected chi connectivity index (χ2v) is 6.83. The zero-order chi connectivity index (χ0) is 15.4. The van der Waals surface area contributed by atoms with E-state index in [0.717, 1.165) is 25.9 Å². The Balaban J connectivity index is 1.41. The summed E-state index contributed by atoms with van der Waals surface area (Å²) < 4.78 is 0. The van der Waals surface area contributed by atoms with Crippen molar-refractivity contribution in [1.82, 2.24) is 14.8 Å². The van der Waals surface area contributed by atoms with Crippen molar-refractivity contribution in [2.75, 3.05) is 31.5 Å². The van der Waals surface area contributed by atoms with Crippen LogP contribution in [-0.2, 0) is 9.59 Å². The lowest BCUT2D eigenvalue weighted by atomic mass is 10.1. The number of hydrogen-bond acceptors (Lipinski definition) is 5. The van der Waals surface area contributed by atoms with Gasteiger partial charge in [0.1, 0.15) is 0 Å². The fourth-order valence-electron chi connectivity index (χ4n) is 3.25. The highest BCUT2D eigenvalue weighted by molar-refractivity contribution is 7.13. The zero-order valence-corrected chi connectivity index (χ0v) is 13.5. The molecule has 0 radical (unpaired) electrons. The molecule has 7 heteroatoms. The molecule has 120 valence electrons. The molecule has 2 fully saturated rings. The number of thiazole rings is 1. The standard InChI is InChI=1S/C15H22N4O2S/c20-13(17-15-16-6-10-22-15)5-7-18-8-9-19(14(21)11-18)12-3-1-2-4-12/h6,10,12H,1-5,7-9,11H2,(H,16,17,20). The highest BCUT2D eigenvalue weighted by atomic mass is 32.1. The van der Waals surface area contributed by atoms with E-state index in [2.05, 4.69) is 20.1 Å². The average molecular weight is 322 g/mol. The van der Waals surface area contributed by atoms with Crippen molar-refractivity contribution in [3.63, 3.8) is 0 Å². The van der Waals surface area contributed by atoms with Gasteiger partial charge in [0.2, 0.25) is 11.8 Å². The third-order valence-corrected chi connectivity index (χ3v) is 5.12. The van der Waals surface area contributed by atoms with Gasteiger partial charge in [-0.3, -0.25) is 14.5 Å². The second-order valence-electron chi connectivity index (χ2n) is 5.94. The Bertz CT molecular complexity index is 514. The van der Waals surface area contributed by atoms with Crippen molar-refractivity contribution in [3.05, 3.63) is 11.6 Å². The van der Waals surface area contributed by atoms with Crippen LogP contribution in [-0.4, -0.2) is 58.8 Å². The predicted molar refractivity (Wildman–Crippen MR) is 85.8 cm³/mol. The van der Waals surface area contributed by atoms with E-state index in [1.54, 1.807) is 6.20 Å². The van der Waals surface area contributed by atoms with Crippen molar-refractivity contribution < 1.29 is 9.59 Å². The number of carbonyl (C=O) groups is 2. The van der Waals surface area contributed by atoms with Gasteiger partial charge in [-0.25, -0.2) is 4.98 Å². The summed E-state index contributed by atoms with van der Waals surface area (Å²) in [5, 5.41) is 5.23. The molecule has 1 aliphatic carbocycles. The molecule has 0 aromatic carbocycles. The van der Waals surface area contributed by atoms with Gasteiger partial charge in [0, 0.05) is 43.7 Å². The third-order valence-electron chi connectivity index (χ3n) is 4.44. The van der Waals surface area contributed by atoms with Crippen LogP contribution < -0.4 is 5.32 Å². The van der Waals surface area contributed by atoms with E-state index in [0.29, 0.717) is 30.7 Å². The van der Waals surface area contributed by atoms with Crippen LogP contribution in [0.1, 0.15) is 32.1 Å². The minimum absolute atomic E-state index is 0.0411. The molecular weight excluding hydrogens is 300 g/mol. The van der Waals surface area contributed by atoms with Gasteiger partial charge in [-0.15, -0.1) is 11.3 Å². The number of piperazine rings is 1. The van der Waals surface area contributed by atoms with Crippen LogP contribution >= 0.6 is 11.3 Å². The highest BCUT2D eigenvalue weighted by Gasteiger charge is 2.31. The summed E-state index contributed by atoms with van der Waals surface area (Å²) in [5.41, 5.74) is 0. The van der Waals surface area contributed by atoms with Crippen molar-refractivity contribution in [2.45, 2.75) is 38.1 Å². The number of nitrogens with one attached hydrogen (secondary N) is 1. The first-order valence-electron chi connectivity index (χ1n) is 7.93. The molecule has 1 aromatic heterocycles. The summed E-state index contributed by atoms with van der Waals surface area (Å²) in [6.07, 6.45) is 6.87. The van der Waals surface area contributed by atoms with E-state index in [4.69, 9.17) is 0 Å². The Labute approximate surface area is 134 Å². The fourth-order valence-corrected chi connectivity index (χ4v) is 3.80. The lowest BCUT2D eigenvalue weighted by Gasteiger charge is -2.37. The molecule has 2 amide bonds. The Morgan fingerprint density at radius 1 is 1.36 bits per heavy atom. The van der Waals surface area contributed by atoms with Crippen LogP contribution in [0.4, 0.5) is 5.13 Å². The number of nitrogens with zero attached hydrogens (tertiary/aromatic N) is 3. The van der Waals surface area contributed by atoms with Crippen molar-refractivity contribution in [3.8, 4) is 0 Å². The Morgan fingerprint density at radius 3 is 2.86 bits per heavy atom. The monoisotopic (exact) mass is 322 g/mol. The van der Waals surface area contributed by atoms with E-state index in [-0.39, 0.29) is 11.8 Å².